The highest BCUT2D eigenvalue weighted by Gasteiger charge is 2.30. The maximum atomic E-state index is 11.2. The third kappa shape index (κ3) is 3.41. The Balaban J connectivity index is 2.37. The molecular weight excluding hydrogens is 234 g/mol. The number of carbonyl (C=O) groups is 4. The van der Waals surface area contributed by atoms with Crippen molar-refractivity contribution in [3.63, 3.8) is 0 Å². The van der Waals surface area contributed by atoms with Crippen LogP contribution in [0, 0.1) is 0 Å². The van der Waals surface area contributed by atoms with Crippen LogP contribution in [0.2, 0.25) is 0 Å². The lowest BCUT2D eigenvalue weighted by Crippen LogP contribution is -2.44. The second kappa shape index (κ2) is 5.25. The lowest BCUT2D eigenvalue weighted by molar-refractivity contribution is -0.146. The molecule has 0 bridgehead atoms. The Kier molecular flexibility index (Phi) is 3.99. The number of urea groups is 1. The van der Waals surface area contributed by atoms with Gasteiger partial charge < -0.3 is 20.8 Å². The fourth-order valence-corrected chi connectivity index (χ4v) is 1.11. The average molecular weight is 245 g/mol. The van der Waals surface area contributed by atoms with Gasteiger partial charge in [0.1, 0.15) is 6.54 Å². The zero-order valence-corrected chi connectivity index (χ0v) is 8.67. The first-order valence-electron chi connectivity index (χ1n) is 4.67. The summed E-state index contributed by atoms with van der Waals surface area (Å²) in [5.74, 6) is -2.74. The number of aliphatic hydroxyl groups excluding tert-OH is 1. The molecule has 1 atom stereocenters. The average Bonchev–Trinajstić information content (AvgIpc) is 2.57. The normalized spacial score (nSPS) is 16.6. The molecule has 1 aliphatic rings. The van der Waals surface area contributed by atoms with E-state index in [1.807, 2.05) is 0 Å². The Bertz CT molecular complexity index is 352. The molecule has 0 aromatic carbocycles. The highest BCUT2D eigenvalue weighted by Crippen LogP contribution is 1.97. The second-order valence-electron chi connectivity index (χ2n) is 3.30. The fourth-order valence-electron chi connectivity index (χ4n) is 1.11. The van der Waals surface area contributed by atoms with Crippen molar-refractivity contribution >= 4 is 23.8 Å². The van der Waals surface area contributed by atoms with Crippen LogP contribution in [0.25, 0.3) is 0 Å². The maximum absolute atomic E-state index is 11.2. The molecule has 0 spiro atoms. The molecule has 94 valence electrons. The van der Waals surface area contributed by atoms with Crippen LogP contribution in [-0.4, -0.2) is 64.7 Å². The van der Waals surface area contributed by atoms with Crippen LogP contribution in [0.1, 0.15) is 0 Å². The lowest BCUT2D eigenvalue weighted by atomic mass is 10.3. The predicted molar refractivity (Wildman–Crippen MR) is 51.8 cm³/mol. The minimum Gasteiger partial charge on any atom is -0.479 e. The van der Waals surface area contributed by atoms with E-state index in [0.717, 1.165) is 0 Å². The number of carboxylic acids is 1. The first-order chi connectivity index (χ1) is 7.91. The van der Waals surface area contributed by atoms with Crippen LogP contribution < -0.4 is 10.6 Å². The van der Waals surface area contributed by atoms with Gasteiger partial charge in [0.15, 0.2) is 6.10 Å². The number of amides is 4. The highest BCUT2D eigenvalue weighted by atomic mass is 16.4. The monoisotopic (exact) mass is 245 g/mol. The van der Waals surface area contributed by atoms with Crippen LogP contribution in [0.4, 0.5) is 4.79 Å². The van der Waals surface area contributed by atoms with Gasteiger partial charge in [-0.1, -0.05) is 0 Å². The zero-order valence-electron chi connectivity index (χ0n) is 8.67. The van der Waals surface area contributed by atoms with Crippen LogP contribution in [0.15, 0.2) is 0 Å². The summed E-state index contributed by atoms with van der Waals surface area (Å²) in [4.78, 5) is 44.3. The van der Waals surface area contributed by atoms with Gasteiger partial charge >= 0.3 is 12.0 Å². The molecule has 17 heavy (non-hydrogen) atoms. The molecule has 4 amide bonds. The number of carboxylic acid groups (broad SMARTS) is 1. The van der Waals surface area contributed by atoms with E-state index in [1.165, 1.54) is 0 Å². The van der Waals surface area contributed by atoms with Gasteiger partial charge in [-0.2, -0.15) is 0 Å². The predicted octanol–water partition coefficient (Wildman–Crippen LogP) is -2.90. The van der Waals surface area contributed by atoms with Crippen molar-refractivity contribution in [2.75, 3.05) is 19.6 Å². The molecular formula is C8H11N3O6. The van der Waals surface area contributed by atoms with E-state index in [2.05, 4.69) is 10.6 Å². The Hall–Kier alpha value is -2.16. The highest BCUT2D eigenvalue weighted by molar-refractivity contribution is 6.04. The second-order valence-corrected chi connectivity index (χ2v) is 3.30. The number of aliphatic hydroxyl groups is 1. The number of aliphatic carboxylic acids is 1. The summed E-state index contributed by atoms with van der Waals surface area (Å²) in [6, 6.07) is -0.677. The molecule has 1 fully saturated rings. The molecule has 4 N–H and O–H groups in total. The van der Waals surface area contributed by atoms with Gasteiger partial charge in [-0.25, -0.2) is 9.59 Å². The molecule has 0 saturated carbocycles. The molecule has 1 aliphatic heterocycles. The maximum Gasteiger partial charge on any atom is 0.334 e. The number of carbonyl (C=O) groups excluding carboxylic acids is 3. The van der Waals surface area contributed by atoms with Gasteiger partial charge in [-0.15, -0.1) is 0 Å². The minimum absolute atomic E-state index is 0.163. The van der Waals surface area contributed by atoms with Crippen molar-refractivity contribution in [1.29, 1.82) is 0 Å². The standard InChI is InChI=1S/C8H11N3O6/c12-4(7(15)16)1-9-5(13)3-11-6(14)2-10-8(11)17/h4,12H,1-3H2,(H,9,13)(H,10,17)(H,15,16)/t4-/m0/s1. The summed E-state index contributed by atoms with van der Waals surface area (Å²) < 4.78 is 0. The van der Waals surface area contributed by atoms with Crippen molar-refractivity contribution in [1.82, 2.24) is 15.5 Å². The van der Waals surface area contributed by atoms with Gasteiger partial charge in [0.25, 0.3) is 5.91 Å². The van der Waals surface area contributed by atoms with E-state index in [-0.39, 0.29) is 6.54 Å². The number of hydrogen-bond donors (Lipinski definition) is 4. The van der Waals surface area contributed by atoms with E-state index in [4.69, 9.17) is 10.2 Å². The molecule has 9 nitrogen and oxygen atoms in total. The number of rotatable bonds is 5. The Morgan fingerprint density at radius 3 is 2.59 bits per heavy atom. The summed E-state index contributed by atoms with van der Waals surface area (Å²) in [5.41, 5.74) is 0. The smallest absolute Gasteiger partial charge is 0.334 e. The van der Waals surface area contributed by atoms with E-state index >= 15 is 0 Å². The van der Waals surface area contributed by atoms with E-state index in [9.17, 15) is 19.2 Å². The van der Waals surface area contributed by atoms with Crippen LogP contribution in [-0.2, 0) is 14.4 Å². The summed E-state index contributed by atoms with van der Waals surface area (Å²) in [6.07, 6.45) is -1.72. The van der Waals surface area contributed by atoms with Gasteiger partial charge in [0.05, 0.1) is 13.1 Å². The summed E-state index contributed by atoms with van der Waals surface area (Å²) in [7, 11) is 0. The first kappa shape index (κ1) is 12.9. The summed E-state index contributed by atoms with van der Waals surface area (Å²) in [5, 5.41) is 21.5. The molecule has 0 aromatic rings. The minimum atomic E-state index is -1.72. The molecule has 9 heteroatoms. The molecule has 1 saturated heterocycles. The van der Waals surface area contributed by atoms with Gasteiger partial charge in [-0.05, 0) is 0 Å². The molecule has 0 radical (unpaired) electrons. The Morgan fingerprint density at radius 2 is 2.12 bits per heavy atom. The van der Waals surface area contributed by atoms with Crippen molar-refractivity contribution in [3.05, 3.63) is 0 Å². The lowest BCUT2D eigenvalue weighted by Gasteiger charge is -2.12. The third-order valence-electron chi connectivity index (χ3n) is 2.02. The number of nitrogens with zero attached hydrogens (tertiary/aromatic N) is 1. The topological polar surface area (TPSA) is 136 Å². The SMILES string of the molecule is O=C(CN1C(=O)CNC1=O)NC[C@H](O)C(=O)O. The van der Waals surface area contributed by atoms with Crippen molar-refractivity contribution < 1.29 is 29.4 Å². The molecule has 1 rings (SSSR count). The Labute approximate surface area is 95.4 Å². The molecule has 0 aliphatic carbocycles. The molecule has 0 unspecified atom stereocenters. The fraction of sp³-hybridized carbons (Fsp3) is 0.500. The third-order valence-corrected chi connectivity index (χ3v) is 2.02. The van der Waals surface area contributed by atoms with Crippen LogP contribution >= 0.6 is 0 Å². The zero-order chi connectivity index (χ0) is 13.0. The molecule has 0 aromatic heterocycles. The largest absolute Gasteiger partial charge is 0.479 e. The quantitative estimate of drug-likeness (QED) is 0.383. The number of nitrogens with one attached hydrogen (secondary N) is 2. The van der Waals surface area contributed by atoms with Crippen LogP contribution in [0.3, 0.4) is 0 Å². The van der Waals surface area contributed by atoms with Gasteiger partial charge in [0.2, 0.25) is 5.91 Å². The number of imide groups is 1. The Morgan fingerprint density at radius 1 is 1.47 bits per heavy atom. The summed E-state index contributed by atoms with van der Waals surface area (Å²) >= 11 is 0. The van der Waals surface area contributed by atoms with E-state index in [0.29, 0.717) is 4.90 Å². The van der Waals surface area contributed by atoms with Gasteiger partial charge in [-0.3, -0.25) is 14.5 Å². The first-order valence-corrected chi connectivity index (χ1v) is 4.67. The van der Waals surface area contributed by atoms with Gasteiger partial charge in [0, 0.05) is 0 Å². The van der Waals surface area contributed by atoms with E-state index < -0.39 is 43.0 Å². The van der Waals surface area contributed by atoms with Crippen molar-refractivity contribution in [3.8, 4) is 0 Å². The van der Waals surface area contributed by atoms with Crippen molar-refractivity contribution in [2.45, 2.75) is 6.10 Å². The van der Waals surface area contributed by atoms with Crippen LogP contribution in [0.5, 0.6) is 0 Å². The summed E-state index contributed by atoms with van der Waals surface area (Å²) in [6.45, 7) is -1.15. The number of hydrogen-bond acceptors (Lipinski definition) is 5. The van der Waals surface area contributed by atoms with Crippen molar-refractivity contribution in [2.24, 2.45) is 0 Å². The van der Waals surface area contributed by atoms with E-state index in [1.54, 1.807) is 0 Å². The molecule has 1 heterocycles.